The standard InChI is InChI=1S/C16H26N2O2S/c1-12-7-4-5-9-15(12)18(3)21(19,20)16-10-6-8-14(11-17)13(16)2/h6,8,10,12,15H,4-5,7,9,11,17H2,1-3H3. The fourth-order valence-corrected chi connectivity index (χ4v) is 5.08. The van der Waals surface area contributed by atoms with E-state index in [4.69, 9.17) is 5.73 Å². The Kier molecular flexibility index (Phi) is 5.07. The summed E-state index contributed by atoms with van der Waals surface area (Å²) in [5, 5.41) is 0. The zero-order valence-corrected chi connectivity index (χ0v) is 14.0. The lowest BCUT2D eigenvalue weighted by Crippen LogP contribution is -2.42. The molecule has 1 fully saturated rings. The summed E-state index contributed by atoms with van der Waals surface area (Å²) in [5.41, 5.74) is 7.36. The summed E-state index contributed by atoms with van der Waals surface area (Å²) in [6.07, 6.45) is 4.36. The molecular weight excluding hydrogens is 284 g/mol. The molecule has 0 aliphatic heterocycles. The maximum atomic E-state index is 13.0. The zero-order chi connectivity index (χ0) is 15.6. The molecule has 118 valence electrons. The van der Waals surface area contributed by atoms with Crippen LogP contribution in [0.3, 0.4) is 0 Å². The van der Waals surface area contributed by atoms with Crippen molar-refractivity contribution in [3.05, 3.63) is 29.3 Å². The normalized spacial score (nSPS) is 23.5. The van der Waals surface area contributed by atoms with Crippen LogP contribution in [0.2, 0.25) is 0 Å². The predicted octanol–water partition coefficient (Wildman–Crippen LogP) is 2.65. The third-order valence-electron chi connectivity index (χ3n) is 4.81. The van der Waals surface area contributed by atoms with Crippen molar-refractivity contribution in [1.82, 2.24) is 4.31 Å². The van der Waals surface area contributed by atoms with Crippen molar-refractivity contribution in [1.29, 1.82) is 0 Å². The average Bonchev–Trinajstić information content (AvgIpc) is 2.47. The molecule has 0 saturated heterocycles. The van der Waals surface area contributed by atoms with Crippen LogP contribution in [0.1, 0.15) is 43.7 Å². The number of hydrogen-bond donors (Lipinski definition) is 1. The molecule has 4 nitrogen and oxygen atoms in total. The van der Waals surface area contributed by atoms with Crippen molar-refractivity contribution in [2.75, 3.05) is 7.05 Å². The number of sulfonamides is 1. The van der Waals surface area contributed by atoms with Crippen molar-refractivity contribution in [2.45, 2.75) is 57.0 Å². The minimum Gasteiger partial charge on any atom is -0.326 e. The highest BCUT2D eigenvalue weighted by molar-refractivity contribution is 7.89. The molecular formula is C16H26N2O2S. The average molecular weight is 310 g/mol. The first-order chi connectivity index (χ1) is 9.89. The summed E-state index contributed by atoms with van der Waals surface area (Å²) in [5.74, 6) is 0.413. The van der Waals surface area contributed by atoms with E-state index in [9.17, 15) is 8.42 Å². The minimum atomic E-state index is -3.46. The van der Waals surface area contributed by atoms with E-state index in [1.165, 1.54) is 6.42 Å². The van der Waals surface area contributed by atoms with Gasteiger partial charge in [0.1, 0.15) is 0 Å². The maximum absolute atomic E-state index is 13.0. The highest BCUT2D eigenvalue weighted by Gasteiger charge is 2.33. The first-order valence-corrected chi connectivity index (χ1v) is 9.10. The Labute approximate surface area is 128 Å². The number of nitrogens with zero attached hydrogens (tertiary/aromatic N) is 1. The molecule has 2 N–H and O–H groups in total. The van der Waals surface area contributed by atoms with Gasteiger partial charge in [-0.1, -0.05) is 31.9 Å². The maximum Gasteiger partial charge on any atom is 0.243 e. The molecule has 0 spiro atoms. The summed E-state index contributed by atoms with van der Waals surface area (Å²) < 4.78 is 27.5. The van der Waals surface area contributed by atoms with E-state index in [1.807, 2.05) is 13.0 Å². The Bertz CT molecular complexity index is 598. The Morgan fingerprint density at radius 3 is 2.57 bits per heavy atom. The fourth-order valence-electron chi connectivity index (χ4n) is 3.33. The van der Waals surface area contributed by atoms with Crippen LogP contribution >= 0.6 is 0 Å². The molecule has 2 unspecified atom stereocenters. The molecule has 0 amide bonds. The van der Waals surface area contributed by atoms with Crippen LogP contribution in [0.25, 0.3) is 0 Å². The van der Waals surface area contributed by atoms with Crippen LogP contribution in [0.4, 0.5) is 0 Å². The predicted molar refractivity (Wildman–Crippen MR) is 85.4 cm³/mol. The first-order valence-electron chi connectivity index (χ1n) is 7.66. The molecule has 1 aliphatic carbocycles. The molecule has 2 atom stereocenters. The van der Waals surface area contributed by atoms with E-state index in [-0.39, 0.29) is 6.04 Å². The van der Waals surface area contributed by atoms with Crippen molar-refractivity contribution in [2.24, 2.45) is 11.7 Å². The summed E-state index contributed by atoms with van der Waals surface area (Å²) >= 11 is 0. The van der Waals surface area contributed by atoms with Crippen LogP contribution in [0.15, 0.2) is 23.1 Å². The SMILES string of the molecule is Cc1c(CN)cccc1S(=O)(=O)N(C)C1CCCCC1C. The van der Waals surface area contributed by atoms with Crippen LogP contribution in [-0.4, -0.2) is 25.8 Å². The number of rotatable bonds is 4. The van der Waals surface area contributed by atoms with Crippen molar-refractivity contribution < 1.29 is 8.42 Å². The molecule has 1 aromatic rings. The van der Waals surface area contributed by atoms with Gasteiger partial charge in [-0.3, -0.25) is 0 Å². The number of hydrogen-bond acceptors (Lipinski definition) is 3. The highest BCUT2D eigenvalue weighted by Crippen LogP contribution is 2.31. The third-order valence-corrected chi connectivity index (χ3v) is 6.83. The second kappa shape index (κ2) is 6.46. The Hall–Kier alpha value is -0.910. The van der Waals surface area contributed by atoms with Gasteiger partial charge in [0.15, 0.2) is 0 Å². The van der Waals surface area contributed by atoms with E-state index < -0.39 is 10.0 Å². The lowest BCUT2D eigenvalue weighted by atomic mass is 9.86. The monoisotopic (exact) mass is 310 g/mol. The number of benzene rings is 1. The molecule has 1 aromatic carbocycles. The van der Waals surface area contributed by atoms with Crippen molar-refractivity contribution in [3.8, 4) is 0 Å². The topological polar surface area (TPSA) is 63.4 Å². The second-order valence-corrected chi connectivity index (χ2v) is 8.06. The van der Waals surface area contributed by atoms with Gasteiger partial charge >= 0.3 is 0 Å². The fraction of sp³-hybridized carbons (Fsp3) is 0.625. The van der Waals surface area contributed by atoms with Gasteiger partial charge in [0.25, 0.3) is 0 Å². The molecule has 0 radical (unpaired) electrons. The van der Waals surface area contributed by atoms with E-state index in [0.717, 1.165) is 30.4 Å². The van der Waals surface area contributed by atoms with Crippen LogP contribution in [0.5, 0.6) is 0 Å². The second-order valence-electron chi connectivity index (χ2n) is 6.09. The molecule has 0 bridgehead atoms. The van der Waals surface area contributed by atoms with Gasteiger partial charge < -0.3 is 5.73 Å². The zero-order valence-electron chi connectivity index (χ0n) is 13.2. The number of nitrogens with two attached hydrogens (primary N) is 1. The van der Waals surface area contributed by atoms with Gasteiger partial charge in [0, 0.05) is 19.6 Å². The van der Waals surface area contributed by atoms with Gasteiger partial charge in [0.2, 0.25) is 10.0 Å². The Morgan fingerprint density at radius 2 is 1.95 bits per heavy atom. The molecule has 1 aliphatic rings. The van der Waals surface area contributed by atoms with E-state index >= 15 is 0 Å². The van der Waals surface area contributed by atoms with E-state index in [0.29, 0.717) is 17.4 Å². The van der Waals surface area contributed by atoms with Crippen LogP contribution in [0, 0.1) is 12.8 Å². The smallest absolute Gasteiger partial charge is 0.243 e. The quantitative estimate of drug-likeness (QED) is 0.930. The van der Waals surface area contributed by atoms with E-state index in [1.54, 1.807) is 23.5 Å². The van der Waals surface area contributed by atoms with Gasteiger partial charge in [-0.05, 0) is 42.9 Å². The lowest BCUT2D eigenvalue weighted by Gasteiger charge is -2.35. The summed E-state index contributed by atoms with van der Waals surface area (Å²) in [7, 11) is -1.74. The van der Waals surface area contributed by atoms with Crippen LogP contribution in [-0.2, 0) is 16.6 Å². The minimum absolute atomic E-state index is 0.102. The first kappa shape index (κ1) is 16.5. The molecule has 5 heteroatoms. The molecule has 21 heavy (non-hydrogen) atoms. The van der Waals surface area contributed by atoms with Gasteiger partial charge in [-0.15, -0.1) is 0 Å². The van der Waals surface area contributed by atoms with Gasteiger partial charge in [-0.2, -0.15) is 4.31 Å². The summed E-state index contributed by atoms with van der Waals surface area (Å²) in [6, 6.07) is 5.45. The Balaban J connectivity index is 2.37. The molecule has 0 aromatic heterocycles. The molecule has 1 saturated carbocycles. The van der Waals surface area contributed by atoms with Crippen molar-refractivity contribution in [3.63, 3.8) is 0 Å². The third kappa shape index (κ3) is 3.15. The van der Waals surface area contributed by atoms with Crippen molar-refractivity contribution >= 4 is 10.0 Å². The molecule has 0 heterocycles. The van der Waals surface area contributed by atoms with Gasteiger partial charge in [0.05, 0.1) is 4.90 Å². The largest absolute Gasteiger partial charge is 0.326 e. The lowest BCUT2D eigenvalue weighted by molar-refractivity contribution is 0.213. The Morgan fingerprint density at radius 1 is 1.29 bits per heavy atom. The van der Waals surface area contributed by atoms with Gasteiger partial charge in [-0.25, -0.2) is 8.42 Å². The summed E-state index contributed by atoms with van der Waals surface area (Å²) in [4.78, 5) is 0.394. The summed E-state index contributed by atoms with van der Waals surface area (Å²) in [6.45, 7) is 4.35. The highest BCUT2D eigenvalue weighted by atomic mass is 32.2. The van der Waals surface area contributed by atoms with E-state index in [2.05, 4.69) is 6.92 Å². The van der Waals surface area contributed by atoms with Crippen LogP contribution < -0.4 is 5.73 Å². The molecule has 2 rings (SSSR count).